The second kappa shape index (κ2) is 9.11. The molecule has 0 aromatic rings. The van der Waals surface area contributed by atoms with E-state index in [0.29, 0.717) is 12.0 Å². The van der Waals surface area contributed by atoms with Gasteiger partial charge in [0.1, 0.15) is 0 Å². The molecule has 0 amide bonds. The largest absolute Gasteiger partial charge is 0.394 e. The Hall–Kier alpha value is 0.130. The minimum absolute atomic E-state index is 0. The first kappa shape index (κ1) is 17.1. The van der Waals surface area contributed by atoms with Crippen molar-refractivity contribution in [2.24, 2.45) is 5.41 Å². The van der Waals surface area contributed by atoms with E-state index in [1.54, 1.807) is 0 Å². The summed E-state index contributed by atoms with van der Waals surface area (Å²) in [7, 11) is 0. The zero-order valence-corrected chi connectivity index (χ0v) is 11.9. The highest BCUT2D eigenvalue weighted by molar-refractivity contribution is 5.85. The first-order chi connectivity index (χ1) is 7.70. The van der Waals surface area contributed by atoms with Crippen molar-refractivity contribution in [3.05, 3.63) is 0 Å². The summed E-state index contributed by atoms with van der Waals surface area (Å²) in [5.74, 6) is 0. The molecule has 0 radical (unpaired) electrons. The lowest BCUT2D eigenvalue weighted by atomic mass is 9.89. The van der Waals surface area contributed by atoms with E-state index in [9.17, 15) is 0 Å². The number of nitrogens with one attached hydrogen (secondary N) is 1. The van der Waals surface area contributed by atoms with Gasteiger partial charge in [0.05, 0.1) is 19.8 Å². The van der Waals surface area contributed by atoms with Gasteiger partial charge in [0.25, 0.3) is 0 Å². The number of likely N-dealkylation sites (N-methyl/N-ethyl adjacent to an activating group) is 1. The number of hydrogen-bond donors (Lipinski definition) is 2. The fourth-order valence-corrected chi connectivity index (χ4v) is 2.25. The molecule has 0 bridgehead atoms. The van der Waals surface area contributed by atoms with Gasteiger partial charge in [-0.25, -0.2) is 0 Å². The lowest BCUT2D eigenvalue weighted by Crippen LogP contribution is -2.39. The van der Waals surface area contributed by atoms with Crippen molar-refractivity contribution in [2.75, 3.05) is 52.5 Å². The first-order valence-corrected chi connectivity index (χ1v) is 6.32. The Morgan fingerprint density at radius 3 is 2.71 bits per heavy atom. The van der Waals surface area contributed by atoms with Crippen LogP contribution in [-0.2, 0) is 4.74 Å². The molecule has 104 valence electrons. The van der Waals surface area contributed by atoms with E-state index >= 15 is 0 Å². The predicted octanol–water partition coefficient (Wildman–Crippen LogP) is 0.739. The maximum atomic E-state index is 8.61. The fourth-order valence-electron chi connectivity index (χ4n) is 2.25. The van der Waals surface area contributed by atoms with Gasteiger partial charge in [-0.15, -0.1) is 12.4 Å². The molecule has 17 heavy (non-hydrogen) atoms. The van der Waals surface area contributed by atoms with Gasteiger partial charge < -0.3 is 20.1 Å². The molecule has 1 saturated heterocycles. The van der Waals surface area contributed by atoms with Crippen molar-refractivity contribution in [2.45, 2.75) is 20.3 Å². The van der Waals surface area contributed by atoms with Gasteiger partial charge in [-0.2, -0.15) is 0 Å². The quantitative estimate of drug-likeness (QED) is 0.636. The summed E-state index contributed by atoms with van der Waals surface area (Å²) in [6.07, 6.45) is 1.26. The van der Waals surface area contributed by atoms with Gasteiger partial charge in [0.15, 0.2) is 0 Å². The van der Waals surface area contributed by atoms with E-state index in [1.807, 2.05) is 0 Å². The molecule has 1 rings (SSSR count). The maximum absolute atomic E-state index is 8.61. The van der Waals surface area contributed by atoms with Gasteiger partial charge >= 0.3 is 0 Å². The Bertz CT molecular complexity index is 187. The van der Waals surface area contributed by atoms with E-state index in [0.717, 1.165) is 39.3 Å². The average molecular weight is 267 g/mol. The van der Waals surface area contributed by atoms with Crippen LogP contribution >= 0.6 is 12.4 Å². The van der Waals surface area contributed by atoms with Gasteiger partial charge in [-0.05, 0) is 24.9 Å². The Morgan fingerprint density at radius 1 is 1.41 bits per heavy atom. The molecule has 1 aliphatic rings. The zero-order valence-electron chi connectivity index (χ0n) is 11.1. The van der Waals surface area contributed by atoms with Crippen molar-refractivity contribution < 1.29 is 9.84 Å². The molecule has 1 atom stereocenters. The summed E-state index contributed by atoms with van der Waals surface area (Å²) >= 11 is 0. The van der Waals surface area contributed by atoms with Crippen LogP contribution in [0, 0.1) is 5.41 Å². The Balaban J connectivity index is 0.00000256. The predicted molar refractivity (Wildman–Crippen MR) is 72.9 cm³/mol. The van der Waals surface area contributed by atoms with Crippen molar-refractivity contribution in [1.29, 1.82) is 0 Å². The van der Waals surface area contributed by atoms with E-state index in [1.165, 1.54) is 6.42 Å². The molecule has 1 aliphatic heterocycles. The van der Waals surface area contributed by atoms with Gasteiger partial charge in [0, 0.05) is 19.6 Å². The number of hydrogen-bond acceptors (Lipinski definition) is 4. The Labute approximate surface area is 111 Å². The molecule has 0 aromatic carbocycles. The van der Waals surface area contributed by atoms with Crippen LogP contribution in [-0.4, -0.2) is 62.6 Å². The third kappa shape index (κ3) is 6.58. The number of ether oxygens (including phenoxy) is 1. The van der Waals surface area contributed by atoms with E-state index in [2.05, 4.69) is 24.1 Å². The number of aliphatic hydroxyl groups is 1. The zero-order chi connectivity index (χ0) is 11.9. The van der Waals surface area contributed by atoms with Crippen molar-refractivity contribution >= 4 is 12.4 Å². The van der Waals surface area contributed by atoms with Gasteiger partial charge in [0.2, 0.25) is 0 Å². The molecule has 0 aromatic heterocycles. The molecule has 5 heteroatoms. The number of rotatable bonds is 8. The summed E-state index contributed by atoms with van der Waals surface area (Å²) in [5, 5.41) is 12.0. The Kier molecular flexibility index (Phi) is 9.18. The summed E-state index contributed by atoms with van der Waals surface area (Å²) in [5.41, 5.74) is 0.424. The van der Waals surface area contributed by atoms with Crippen LogP contribution in [0.1, 0.15) is 20.3 Å². The molecule has 1 heterocycles. The summed E-state index contributed by atoms with van der Waals surface area (Å²) in [6.45, 7) is 11.3. The molecule has 1 unspecified atom stereocenters. The van der Waals surface area contributed by atoms with Gasteiger partial charge in [-0.3, -0.25) is 0 Å². The molecule has 0 spiro atoms. The minimum atomic E-state index is 0. The van der Waals surface area contributed by atoms with Crippen LogP contribution in [0.5, 0.6) is 0 Å². The molecule has 0 saturated carbocycles. The van der Waals surface area contributed by atoms with Gasteiger partial charge in [-0.1, -0.05) is 13.8 Å². The lowest BCUT2D eigenvalue weighted by molar-refractivity contribution is 0.0658. The van der Waals surface area contributed by atoms with Crippen LogP contribution in [0.15, 0.2) is 0 Å². The van der Waals surface area contributed by atoms with Crippen LogP contribution in [0.4, 0.5) is 0 Å². The maximum Gasteiger partial charge on any atom is 0.0698 e. The first-order valence-electron chi connectivity index (χ1n) is 6.32. The Morgan fingerprint density at radius 2 is 2.18 bits per heavy atom. The monoisotopic (exact) mass is 266 g/mol. The van der Waals surface area contributed by atoms with Crippen molar-refractivity contribution in [1.82, 2.24) is 10.2 Å². The van der Waals surface area contributed by atoms with Crippen LogP contribution in [0.25, 0.3) is 0 Å². The number of halogens is 1. The second-order valence-electron chi connectivity index (χ2n) is 4.94. The summed E-state index contributed by atoms with van der Waals surface area (Å²) in [4.78, 5) is 2.43. The molecule has 2 N–H and O–H groups in total. The standard InChI is InChI=1S/C12H26N2O2.ClH/c1-3-14(6-8-16-9-7-15)11-12(2)4-5-13-10-12;/h13,15H,3-11H2,1-2H3;1H. The third-order valence-corrected chi connectivity index (χ3v) is 3.30. The third-order valence-electron chi connectivity index (χ3n) is 3.30. The molecular formula is C12H27ClN2O2. The SMILES string of the molecule is CCN(CCOCCO)CC1(C)CCNC1.Cl. The van der Waals surface area contributed by atoms with Crippen LogP contribution < -0.4 is 5.32 Å². The summed E-state index contributed by atoms with van der Waals surface area (Å²) < 4.78 is 5.31. The van der Waals surface area contributed by atoms with Crippen LogP contribution in [0.3, 0.4) is 0 Å². The highest BCUT2D eigenvalue weighted by Crippen LogP contribution is 2.25. The van der Waals surface area contributed by atoms with E-state index in [-0.39, 0.29) is 19.0 Å². The number of aliphatic hydroxyl groups excluding tert-OH is 1. The fraction of sp³-hybridized carbons (Fsp3) is 1.00. The normalized spacial score (nSPS) is 24.0. The topological polar surface area (TPSA) is 44.7 Å². The molecule has 4 nitrogen and oxygen atoms in total. The minimum Gasteiger partial charge on any atom is -0.394 e. The second-order valence-corrected chi connectivity index (χ2v) is 4.94. The highest BCUT2D eigenvalue weighted by atomic mass is 35.5. The van der Waals surface area contributed by atoms with Crippen molar-refractivity contribution in [3.63, 3.8) is 0 Å². The van der Waals surface area contributed by atoms with E-state index in [4.69, 9.17) is 9.84 Å². The molecular weight excluding hydrogens is 240 g/mol. The summed E-state index contributed by atoms with van der Waals surface area (Å²) in [6, 6.07) is 0. The highest BCUT2D eigenvalue weighted by Gasteiger charge is 2.29. The van der Waals surface area contributed by atoms with Crippen LogP contribution in [0.2, 0.25) is 0 Å². The molecule has 0 aliphatic carbocycles. The lowest BCUT2D eigenvalue weighted by Gasteiger charge is -2.31. The molecule has 1 fully saturated rings. The number of nitrogens with zero attached hydrogens (tertiary/aromatic N) is 1. The van der Waals surface area contributed by atoms with E-state index < -0.39 is 0 Å². The average Bonchev–Trinajstić information content (AvgIpc) is 2.70. The smallest absolute Gasteiger partial charge is 0.0698 e. The van der Waals surface area contributed by atoms with Crippen molar-refractivity contribution in [3.8, 4) is 0 Å².